The highest BCUT2D eigenvalue weighted by Crippen LogP contribution is 2.22. The molecular formula is C23H23NO. The van der Waals surface area contributed by atoms with E-state index < -0.39 is 0 Å². The van der Waals surface area contributed by atoms with Crippen LogP contribution in [0.4, 0.5) is 0 Å². The minimum atomic E-state index is -0.119. The van der Waals surface area contributed by atoms with E-state index in [-0.39, 0.29) is 18.7 Å². The summed E-state index contributed by atoms with van der Waals surface area (Å²) in [4.78, 5) is 0. The minimum absolute atomic E-state index is 0.0127. The maximum absolute atomic E-state index is 9.87. The van der Waals surface area contributed by atoms with E-state index in [1.165, 1.54) is 5.56 Å². The lowest BCUT2D eigenvalue weighted by Gasteiger charge is -2.23. The number of rotatable bonds is 7. The molecule has 3 aromatic carbocycles. The van der Waals surface area contributed by atoms with Crippen molar-refractivity contribution in [3.05, 3.63) is 114 Å². The monoisotopic (exact) mass is 329 g/mol. The summed E-state index contributed by atoms with van der Waals surface area (Å²) in [7, 11) is 0. The number of aliphatic hydroxyl groups is 1. The molecule has 0 unspecified atom stereocenters. The third kappa shape index (κ3) is 4.90. The molecule has 0 aliphatic heterocycles. The summed E-state index contributed by atoms with van der Waals surface area (Å²) in [5.74, 6) is 0. The molecule has 0 aliphatic carbocycles. The van der Waals surface area contributed by atoms with Gasteiger partial charge in [0.05, 0.1) is 18.7 Å². The van der Waals surface area contributed by atoms with Crippen molar-refractivity contribution in [3.63, 3.8) is 0 Å². The summed E-state index contributed by atoms with van der Waals surface area (Å²) in [6.07, 6.45) is 4.26. The Balaban J connectivity index is 1.85. The van der Waals surface area contributed by atoms with Crippen molar-refractivity contribution in [1.29, 1.82) is 0 Å². The molecule has 0 bridgehead atoms. The first-order chi connectivity index (χ1) is 12.4. The normalized spacial score (nSPS) is 13.6. The van der Waals surface area contributed by atoms with Crippen LogP contribution in [0.2, 0.25) is 0 Å². The Labute approximate surface area is 149 Å². The van der Waals surface area contributed by atoms with Gasteiger partial charge < -0.3 is 5.11 Å². The molecule has 0 saturated carbocycles. The Morgan fingerprint density at radius 2 is 1.24 bits per heavy atom. The van der Waals surface area contributed by atoms with E-state index in [9.17, 15) is 5.11 Å². The zero-order valence-corrected chi connectivity index (χ0v) is 14.1. The molecule has 3 aromatic rings. The SMILES string of the molecule is OC[C@H](N[C@@H](/C=C/c1ccccc1)c1ccccc1)c1ccccc1. The topological polar surface area (TPSA) is 32.3 Å². The van der Waals surface area contributed by atoms with Crippen LogP contribution in [0, 0.1) is 0 Å². The fourth-order valence-corrected chi connectivity index (χ4v) is 2.85. The summed E-state index contributed by atoms with van der Waals surface area (Å²) in [6.45, 7) is 0.0481. The Bertz CT molecular complexity index is 769. The van der Waals surface area contributed by atoms with Crippen molar-refractivity contribution in [1.82, 2.24) is 5.32 Å². The van der Waals surface area contributed by atoms with E-state index in [1.807, 2.05) is 66.7 Å². The Hall–Kier alpha value is -2.68. The molecule has 0 radical (unpaired) electrons. The van der Waals surface area contributed by atoms with Gasteiger partial charge in [0.25, 0.3) is 0 Å². The van der Waals surface area contributed by atoms with Gasteiger partial charge in [0.2, 0.25) is 0 Å². The Morgan fingerprint density at radius 3 is 1.80 bits per heavy atom. The molecule has 25 heavy (non-hydrogen) atoms. The average molecular weight is 329 g/mol. The van der Waals surface area contributed by atoms with Gasteiger partial charge in [0.15, 0.2) is 0 Å². The van der Waals surface area contributed by atoms with Crippen LogP contribution in [-0.2, 0) is 0 Å². The first kappa shape index (κ1) is 17.2. The average Bonchev–Trinajstić information content (AvgIpc) is 2.70. The summed E-state index contributed by atoms with van der Waals surface area (Å²) in [5.41, 5.74) is 3.41. The lowest BCUT2D eigenvalue weighted by atomic mass is 10.0. The number of hydrogen-bond acceptors (Lipinski definition) is 2. The van der Waals surface area contributed by atoms with Crippen LogP contribution in [0.15, 0.2) is 97.1 Å². The van der Waals surface area contributed by atoms with Crippen molar-refractivity contribution >= 4 is 6.08 Å². The van der Waals surface area contributed by atoms with Crippen LogP contribution in [0.5, 0.6) is 0 Å². The third-order valence-electron chi connectivity index (χ3n) is 4.20. The van der Waals surface area contributed by atoms with Gasteiger partial charge in [-0.1, -0.05) is 103 Å². The molecule has 3 rings (SSSR count). The molecule has 2 heteroatoms. The van der Waals surface area contributed by atoms with Gasteiger partial charge in [-0.05, 0) is 16.7 Å². The zero-order chi connectivity index (χ0) is 17.3. The second-order valence-corrected chi connectivity index (χ2v) is 5.97. The molecule has 0 heterocycles. The van der Waals surface area contributed by atoms with Gasteiger partial charge in [-0.25, -0.2) is 0 Å². The Morgan fingerprint density at radius 1 is 0.720 bits per heavy atom. The van der Waals surface area contributed by atoms with Gasteiger partial charge in [-0.2, -0.15) is 0 Å². The molecule has 126 valence electrons. The number of aliphatic hydroxyl groups excluding tert-OH is 1. The summed E-state index contributed by atoms with van der Waals surface area (Å²) in [6, 6.07) is 30.5. The predicted octanol–water partition coefficient (Wildman–Crippen LogP) is 4.76. The second kappa shape index (κ2) is 8.97. The van der Waals surface area contributed by atoms with Crippen molar-refractivity contribution < 1.29 is 5.11 Å². The number of benzene rings is 3. The van der Waals surface area contributed by atoms with Crippen LogP contribution in [0.1, 0.15) is 28.8 Å². The molecule has 0 aromatic heterocycles. The highest BCUT2D eigenvalue weighted by atomic mass is 16.3. The van der Waals surface area contributed by atoms with Crippen molar-refractivity contribution in [2.24, 2.45) is 0 Å². The van der Waals surface area contributed by atoms with E-state index >= 15 is 0 Å². The molecule has 0 saturated heterocycles. The van der Waals surface area contributed by atoms with Gasteiger partial charge in [-0.3, -0.25) is 5.32 Å². The van der Waals surface area contributed by atoms with E-state index in [4.69, 9.17) is 0 Å². The maximum atomic E-state index is 9.87. The fraction of sp³-hybridized carbons (Fsp3) is 0.130. The number of hydrogen-bond donors (Lipinski definition) is 2. The number of nitrogens with one attached hydrogen (secondary N) is 1. The molecular weight excluding hydrogens is 306 g/mol. The van der Waals surface area contributed by atoms with Crippen LogP contribution in [0.25, 0.3) is 6.08 Å². The van der Waals surface area contributed by atoms with Crippen molar-refractivity contribution in [2.45, 2.75) is 12.1 Å². The summed E-state index contributed by atoms with van der Waals surface area (Å²) in [5, 5.41) is 13.4. The second-order valence-electron chi connectivity index (χ2n) is 5.97. The van der Waals surface area contributed by atoms with Crippen LogP contribution in [0.3, 0.4) is 0 Å². The van der Waals surface area contributed by atoms with Gasteiger partial charge in [0, 0.05) is 0 Å². The van der Waals surface area contributed by atoms with E-state index in [1.54, 1.807) is 0 Å². The first-order valence-electron chi connectivity index (χ1n) is 8.57. The van der Waals surface area contributed by atoms with Crippen LogP contribution >= 0.6 is 0 Å². The lowest BCUT2D eigenvalue weighted by Crippen LogP contribution is -2.27. The van der Waals surface area contributed by atoms with Crippen molar-refractivity contribution in [2.75, 3.05) is 6.61 Å². The first-order valence-corrected chi connectivity index (χ1v) is 8.57. The lowest BCUT2D eigenvalue weighted by molar-refractivity contribution is 0.239. The smallest absolute Gasteiger partial charge is 0.0626 e. The van der Waals surface area contributed by atoms with Crippen LogP contribution in [-0.4, -0.2) is 11.7 Å². The molecule has 0 spiro atoms. The van der Waals surface area contributed by atoms with Gasteiger partial charge >= 0.3 is 0 Å². The summed E-state index contributed by atoms with van der Waals surface area (Å²) < 4.78 is 0. The highest BCUT2D eigenvalue weighted by Gasteiger charge is 2.15. The van der Waals surface area contributed by atoms with E-state index in [2.05, 4.69) is 41.7 Å². The van der Waals surface area contributed by atoms with E-state index in [0.717, 1.165) is 11.1 Å². The van der Waals surface area contributed by atoms with Crippen LogP contribution < -0.4 is 5.32 Å². The van der Waals surface area contributed by atoms with Crippen molar-refractivity contribution in [3.8, 4) is 0 Å². The largest absolute Gasteiger partial charge is 0.394 e. The Kier molecular flexibility index (Phi) is 6.16. The summed E-state index contributed by atoms with van der Waals surface area (Å²) >= 11 is 0. The van der Waals surface area contributed by atoms with Gasteiger partial charge in [-0.15, -0.1) is 0 Å². The molecule has 2 atom stereocenters. The predicted molar refractivity (Wildman–Crippen MR) is 104 cm³/mol. The van der Waals surface area contributed by atoms with E-state index in [0.29, 0.717) is 0 Å². The third-order valence-corrected chi connectivity index (χ3v) is 4.20. The minimum Gasteiger partial charge on any atom is -0.394 e. The molecule has 0 fully saturated rings. The highest BCUT2D eigenvalue weighted by molar-refractivity contribution is 5.50. The maximum Gasteiger partial charge on any atom is 0.0626 e. The molecule has 0 aliphatic rings. The molecule has 0 amide bonds. The quantitative estimate of drug-likeness (QED) is 0.655. The van der Waals surface area contributed by atoms with Gasteiger partial charge in [0.1, 0.15) is 0 Å². The zero-order valence-electron chi connectivity index (χ0n) is 14.1. The molecule has 2 nitrogen and oxygen atoms in total. The molecule has 2 N–H and O–H groups in total. The fourth-order valence-electron chi connectivity index (χ4n) is 2.85. The standard InChI is InChI=1S/C23H23NO/c25-18-23(21-14-8-3-9-15-21)24-22(20-12-6-2-7-13-20)17-16-19-10-4-1-5-11-19/h1-17,22-25H,18H2/b17-16+/t22-,23-/m0/s1.